The lowest BCUT2D eigenvalue weighted by atomic mass is 9.97. The molecule has 3 aliphatic heterocycles. The van der Waals surface area contributed by atoms with Crippen molar-refractivity contribution in [1.29, 1.82) is 0 Å². The highest BCUT2D eigenvalue weighted by molar-refractivity contribution is 6.07. The number of anilines is 2. The topological polar surface area (TPSA) is 107 Å². The standard InChI is InChI=1S/C30H35F4N5O5/c1-17-13-39(14-18(2)37(17)4)25-11-23(31)20(19-5-7-38(8-6-19)28(42)44-29(3)15-43-16-29)9-24(25)36-27(41)21-12-35-26(40)10-22(21)30(32,33)34/h5,9-12,17-18H,6-8,13-16H2,1-4H3,(H,35,40)(H,36,41)/t17-,18?/m1/s1. The number of piperazine rings is 1. The maximum absolute atomic E-state index is 15.8. The number of carbonyl (C=O) groups excluding carboxylic acids is 2. The Balaban J connectivity index is 1.47. The van der Waals surface area contributed by atoms with Crippen LogP contribution in [0.3, 0.4) is 0 Å². The molecule has 3 aliphatic rings. The van der Waals surface area contributed by atoms with Gasteiger partial charge in [-0.3, -0.25) is 14.5 Å². The number of pyridine rings is 1. The summed E-state index contributed by atoms with van der Waals surface area (Å²) in [5.74, 6) is -1.68. The third-order valence-electron chi connectivity index (χ3n) is 8.47. The molecule has 1 unspecified atom stereocenters. The average molecular weight is 622 g/mol. The number of aromatic nitrogens is 1. The summed E-state index contributed by atoms with van der Waals surface area (Å²) in [6, 6.07) is 3.18. The number of halogens is 4. The Morgan fingerprint density at radius 1 is 1.14 bits per heavy atom. The number of aromatic amines is 1. The largest absolute Gasteiger partial charge is 0.438 e. The fourth-order valence-electron chi connectivity index (χ4n) is 5.66. The van der Waals surface area contributed by atoms with Gasteiger partial charge in [0.2, 0.25) is 5.56 Å². The van der Waals surface area contributed by atoms with Gasteiger partial charge >= 0.3 is 12.3 Å². The number of H-pyrrole nitrogens is 1. The zero-order valence-electron chi connectivity index (χ0n) is 24.9. The van der Waals surface area contributed by atoms with E-state index >= 15 is 4.39 Å². The Bertz CT molecular complexity index is 1520. The van der Waals surface area contributed by atoms with E-state index in [-0.39, 0.29) is 42.8 Å². The maximum Gasteiger partial charge on any atom is 0.417 e. The van der Waals surface area contributed by atoms with E-state index in [1.54, 1.807) is 13.0 Å². The first-order valence-corrected chi connectivity index (χ1v) is 14.3. The van der Waals surface area contributed by atoms with E-state index in [4.69, 9.17) is 9.47 Å². The molecule has 2 aromatic rings. The molecule has 5 rings (SSSR count). The molecule has 2 fully saturated rings. The minimum absolute atomic E-state index is 0.0709. The number of amides is 2. The van der Waals surface area contributed by atoms with Crippen molar-refractivity contribution in [2.24, 2.45) is 0 Å². The Morgan fingerprint density at radius 2 is 1.82 bits per heavy atom. The van der Waals surface area contributed by atoms with Crippen molar-refractivity contribution in [3.63, 3.8) is 0 Å². The number of nitrogens with zero attached hydrogens (tertiary/aromatic N) is 3. The van der Waals surface area contributed by atoms with Crippen LogP contribution in [0.15, 0.2) is 35.3 Å². The van der Waals surface area contributed by atoms with Crippen LogP contribution in [-0.4, -0.2) is 90.9 Å². The molecule has 0 spiro atoms. The summed E-state index contributed by atoms with van der Waals surface area (Å²) >= 11 is 0. The molecular weight excluding hydrogens is 586 g/mol. The smallest absolute Gasteiger partial charge is 0.417 e. The minimum Gasteiger partial charge on any atom is -0.438 e. The number of rotatable bonds is 5. The summed E-state index contributed by atoms with van der Waals surface area (Å²) in [6.07, 6.45) is -2.76. The highest BCUT2D eigenvalue weighted by Crippen LogP contribution is 2.37. The van der Waals surface area contributed by atoms with Crippen LogP contribution in [0.4, 0.5) is 33.7 Å². The fraction of sp³-hybridized carbons (Fsp3) is 0.500. The zero-order chi connectivity index (χ0) is 32.0. The Hall–Kier alpha value is -3.91. The highest BCUT2D eigenvalue weighted by atomic mass is 19.4. The van der Waals surface area contributed by atoms with Crippen LogP contribution in [0.5, 0.6) is 0 Å². The molecule has 2 saturated heterocycles. The second kappa shape index (κ2) is 11.9. The molecule has 238 valence electrons. The first kappa shape index (κ1) is 31.5. The van der Waals surface area contributed by atoms with Crippen LogP contribution in [-0.2, 0) is 15.7 Å². The predicted molar refractivity (Wildman–Crippen MR) is 155 cm³/mol. The third-order valence-corrected chi connectivity index (χ3v) is 8.47. The van der Waals surface area contributed by atoms with Crippen molar-refractivity contribution < 1.29 is 36.6 Å². The number of alkyl halides is 3. The molecule has 0 bridgehead atoms. The van der Waals surface area contributed by atoms with Gasteiger partial charge in [-0.15, -0.1) is 0 Å². The summed E-state index contributed by atoms with van der Waals surface area (Å²) < 4.78 is 67.7. The quantitative estimate of drug-likeness (QED) is 0.479. The number of hydrogen-bond donors (Lipinski definition) is 2. The minimum atomic E-state index is -4.96. The molecule has 0 saturated carbocycles. The lowest BCUT2D eigenvalue weighted by Crippen LogP contribution is -2.55. The molecule has 0 radical (unpaired) electrons. The number of benzene rings is 1. The van der Waals surface area contributed by atoms with E-state index < -0.39 is 46.3 Å². The normalized spacial score (nSPS) is 22.2. The van der Waals surface area contributed by atoms with Crippen molar-refractivity contribution in [2.45, 2.75) is 51.1 Å². The van der Waals surface area contributed by atoms with E-state index in [1.165, 1.54) is 17.0 Å². The predicted octanol–water partition coefficient (Wildman–Crippen LogP) is 4.33. The number of hydrogen-bond acceptors (Lipinski definition) is 7. The number of ether oxygens (including phenoxy) is 2. The first-order chi connectivity index (χ1) is 20.6. The van der Waals surface area contributed by atoms with Gasteiger partial charge < -0.3 is 29.6 Å². The lowest BCUT2D eigenvalue weighted by Gasteiger charge is -2.44. The van der Waals surface area contributed by atoms with Crippen molar-refractivity contribution in [2.75, 3.05) is 56.7 Å². The summed E-state index contributed by atoms with van der Waals surface area (Å²) in [7, 11) is 1.98. The van der Waals surface area contributed by atoms with Gasteiger partial charge in [-0.05, 0) is 51.9 Å². The molecule has 2 amide bonds. The van der Waals surface area contributed by atoms with Crippen LogP contribution in [0.25, 0.3) is 5.57 Å². The van der Waals surface area contributed by atoms with Crippen LogP contribution in [0.2, 0.25) is 0 Å². The summed E-state index contributed by atoms with van der Waals surface area (Å²) in [5, 5.41) is 2.56. The highest BCUT2D eigenvalue weighted by Gasteiger charge is 2.39. The molecule has 14 heteroatoms. The SMILES string of the molecule is CC1CN(c2cc(F)c(C3=CCN(C(=O)OC4(C)COC4)CC3)cc2NC(=O)c2c[nH]c(=O)cc2C(F)(F)F)C[C@@H](C)N1C. The van der Waals surface area contributed by atoms with E-state index in [1.807, 2.05) is 25.8 Å². The van der Waals surface area contributed by atoms with Crippen molar-refractivity contribution in [3.05, 3.63) is 63.3 Å². The molecule has 2 atom stereocenters. The van der Waals surface area contributed by atoms with Crippen molar-refractivity contribution in [3.8, 4) is 0 Å². The molecule has 44 heavy (non-hydrogen) atoms. The van der Waals surface area contributed by atoms with Gasteiger partial charge in [-0.2, -0.15) is 13.2 Å². The third kappa shape index (κ3) is 6.46. The summed E-state index contributed by atoms with van der Waals surface area (Å²) in [5.41, 5.74) is -2.66. The number of carbonyl (C=O) groups is 2. The number of nitrogens with one attached hydrogen (secondary N) is 2. The van der Waals surface area contributed by atoms with Crippen LogP contribution >= 0.6 is 0 Å². The zero-order valence-corrected chi connectivity index (χ0v) is 24.9. The van der Waals surface area contributed by atoms with Gasteiger partial charge in [-0.25, -0.2) is 9.18 Å². The second-order valence-corrected chi connectivity index (χ2v) is 11.9. The average Bonchev–Trinajstić information content (AvgIpc) is 2.95. The van der Waals surface area contributed by atoms with E-state index in [9.17, 15) is 27.6 Å². The van der Waals surface area contributed by atoms with E-state index in [0.717, 1.165) is 6.20 Å². The van der Waals surface area contributed by atoms with E-state index in [2.05, 4.69) is 15.2 Å². The molecule has 2 N–H and O–H groups in total. The first-order valence-electron chi connectivity index (χ1n) is 14.3. The van der Waals surface area contributed by atoms with Gasteiger partial charge in [0.05, 0.1) is 35.7 Å². The van der Waals surface area contributed by atoms with Crippen LogP contribution in [0, 0.1) is 5.82 Å². The Kier molecular flexibility index (Phi) is 8.51. The number of likely N-dealkylation sites (N-methyl/N-ethyl adjacent to an activating group) is 1. The summed E-state index contributed by atoms with van der Waals surface area (Å²) in [4.78, 5) is 45.3. The fourth-order valence-corrected chi connectivity index (χ4v) is 5.66. The van der Waals surface area contributed by atoms with E-state index in [0.29, 0.717) is 43.6 Å². The Labute approximate surface area is 251 Å². The van der Waals surface area contributed by atoms with Gasteiger partial charge in [-0.1, -0.05) is 6.08 Å². The monoisotopic (exact) mass is 621 g/mol. The van der Waals surface area contributed by atoms with Crippen LogP contribution < -0.4 is 15.8 Å². The van der Waals surface area contributed by atoms with Gasteiger partial charge in [0.25, 0.3) is 5.91 Å². The van der Waals surface area contributed by atoms with Crippen LogP contribution in [0.1, 0.15) is 48.7 Å². The molecule has 1 aromatic heterocycles. The molecule has 0 aliphatic carbocycles. The van der Waals surface area contributed by atoms with Gasteiger partial charge in [0.15, 0.2) is 5.60 Å². The lowest BCUT2D eigenvalue weighted by molar-refractivity contribution is -0.171. The maximum atomic E-state index is 15.8. The molecule has 4 heterocycles. The molecule has 10 nitrogen and oxygen atoms in total. The second-order valence-electron chi connectivity index (χ2n) is 11.9. The molecular formula is C30H35F4N5O5. The van der Waals surface area contributed by atoms with Gasteiger partial charge in [0, 0.05) is 56.1 Å². The van der Waals surface area contributed by atoms with Gasteiger partial charge in [0.1, 0.15) is 5.82 Å². The summed E-state index contributed by atoms with van der Waals surface area (Å²) in [6.45, 7) is 7.80. The van der Waals surface area contributed by atoms with Crippen molar-refractivity contribution in [1.82, 2.24) is 14.8 Å². The van der Waals surface area contributed by atoms with Crippen molar-refractivity contribution >= 4 is 28.9 Å². The Morgan fingerprint density at radius 3 is 2.39 bits per heavy atom. The molecule has 1 aromatic carbocycles.